The van der Waals surface area contributed by atoms with Crippen LogP contribution in [-0.2, 0) is 7.05 Å². The van der Waals surface area contributed by atoms with Crippen molar-refractivity contribution in [1.82, 2.24) is 24.5 Å². The second-order valence-electron chi connectivity index (χ2n) is 9.21. The molecule has 0 spiro atoms. The molecule has 5 rings (SSSR count). The number of aryl methyl sites for hydroxylation is 1. The number of nitrogens with zero attached hydrogens (tertiary/aromatic N) is 5. The van der Waals surface area contributed by atoms with Gasteiger partial charge in [-0.3, -0.25) is 9.36 Å². The maximum atomic E-state index is 9.60. The highest BCUT2D eigenvalue weighted by atomic mass is 16.5. The van der Waals surface area contributed by atoms with Crippen molar-refractivity contribution in [2.45, 2.75) is 58.0 Å². The second kappa shape index (κ2) is 9.67. The highest BCUT2D eigenvalue weighted by Gasteiger charge is 2.27. The van der Waals surface area contributed by atoms with E-state index in [1.807, 2.05) is 38.6 Å². The van der Waals surface area contributed by atoms with Crippen LogP contribution in [0.2, 0.25) is 0 Å². The van der Waals surface area contributed by atoms with E-state index < -0.39 is 6.29 Å². The summed E-state index contributed by atoms with van der Waals surface area (Å²) in [4.78, 5) is 4.59. The van der Waals surface area contributed by atoms with Gasteiger partial charge in [-0.05, 0) is 51.2 Å². The van der Waals surface area contributed by atoms with Gasteiger partial charge in [-0.1, -0.05) is 12.1 Å². The molecule has 0 aliphatic heterocycles. The zero-order valence-corrected chi connectivity index (χ0v) is 20.3. The van der Waals surface area contributed by atoms with Gasteiger partial charge in [-0.2, -0.15) is 10.2 Å². The van der Waals surface area contributed by atoms with Crippen LogP contribution >= 0.6 is 0 Å². The zero-order chi connectivity index (χ0) is 24.5. The van der Waals surface area contributed by atoms with Gasteiger partial charge in [-0.25, -0.2) is 4.98 Å². The van der Waals surface area contributed by atoms with E-state index in [0.29, 0.717) is 11.3 Å². The number of aliphatic hydroxyl groups excluding tert-OH is 1. The third-order valence-corrected chi connectivity index (χ3v) is 6.82. The van der Waals surface area contributed by atoms with Crippen LogP contribution in [0.3, 0.4) is 0 Å². The molecule has 4 aromatic rings. The molecule has 0 amide bonds. The number of pyridine rings is 1. The SMILES string of the molecule is CCNc1cc2c(cn1)c(-c1cnn(C)c1)nn2C1CCC(Oc2cccc(C(O)O)c2C)CC1. The molecule has 9 heteroatoms. The monoisotopic (exact) mass is 476 g/mol. The van der Waals surface area contributed by atoms with Crippen molar-refractivity contribution in [2.24, 2.45) is 7.05 Å². The predicted octanol–water partition coefficient (Wildman–Crippen LogP) is 4.12. The fraction of sp³-hybridized carbons (Fsp3) is 0.423. The molecular weight excluding hydrogens is 444 g/mol. The van der Waals surface area contributed by atoms with E-state index in [1.165, 1.54) is 0 Å². The lowest BCUT2D eigenvalue weighted by Gasteiger charge is -2.30. The molecule has 1 aliphatic rings. The maximum Gasteiger partial charge on any atom is 0.178 e. The fourth-order valence-electron chi connectivity index (χ4n) is 4.97. The number of fused-ring (bicyclic) bond motifs is 1. The van der Waals surface area contributed by atoms with Gasteiger partial charge in [0.25, 0.3) is 0 Å². The van der Waals surface area contributed by atoms with Crippen LogP contribution in [0, 0.1) is 6.92 Å². The van der Waals surface area contributed by atoms with Crippen LogP contribution < -0.4 is 10.1 Å². The first-order chi connectivity index (χ1) is 16.9. The predicted molar refractivity (Wildman–Crippen MR) is 134 cm³/mol. The van der Waals surface area contributed by atoms with E-state index in [1.54, 1.807) is 16.8 Å². The number of aliphatic hydroxyl groups is 2. The molecule has 35 heavy (non-hydrogen) atoms. The van der Waals surface area contributed by atoms with E-state index >= 15 is 0 Å². The molecule has 1 saturated carbocycles. The molecule has 3 aromatic heterocycles. The Bertz CT molecular complexity index is 1320. The van der Waals surface area contributed by atoms with Crippen LogP contribution in [0.4, 0.5) is 5.82 Å². The first-order valence-electron chi connectivity index (χ1n) is 12.2. The third-order valence-electron chi connectivity index (χ3n) is 6.82. The Morgan fingerprint density at radius 2 is 1.97 bits per heavy atom. The molecule has 1 fully saturated rings. The molecule has 184 valence electrons. The molecule has 0 unspecified atom stereocenters. The summed E-state index contributed by atoms with van der Waals surface area (Å²) in [6.45, 7) is 4.73. The summed E-state index contributed by atoms with van der Waals surface area (Å²) in [7, 11) is 1.91. The molecule has 1 aromatic carbocycles. The van der Waals surface area contributed by atoms with Crippen LogP contribution in [0.15, 0.2) is 42.9 Å². The van der Waals surface area contributed by atoms with Crippen LogP contribution in [0.25, 0.3) is 22.2 Å². The lowest BCUT2D eigenvalue weighted by molar-refractivity contribution is -0.0432. The molecule has 0 bridgehead atoms. The molecule has 0 saturated heterocycles. The van der Waals surface area contributed by atoms with Gasteiger partial charge in [0.05, 0.1) is 23.9 Å². The summed E-state index contributed by atoms with van der Waals surface area (Å²) in [5.74, 6) is 1.56. The number of aromatic nitrogens is 5. The van der Waals surface area contributed by atoms with Crippen molar-refractivity contribution in [3.63, 3.8) is 0 Å². The lowest BCUT2D eigenvalue weighted by Crippen LogP contribution is -2.26. The topological polar surface area (TPSA) is 110 Å². The normalized spacial score (nSPS) is 18.3. The van der Waals surface area contributed by atoms with Crippen molar-refractivity contribution in [3.05, 3.63) is 54.0 Å². The van der Waals surface area contributed by atoms with Gasteiger partial charge >= 0.3 is 0 Å². The summed E-state index contributed by atoms with van der Waals surface area (Å²) in [5, 5.41) is 32.9. The number of rotatable bonds is 7. The van der Waals surface area contributed by atoms with Gasteiger partial charge in [0.2, 0.25) is 0 Å². The Morgan fingerprint density at radius 3 is 2.66 bits per heavy atom. The van der Waals surface area contributed by atoms with Gasteiger partial charge in [0.1, 0.15) is 17.3 Å². The van der Waals surface area contributed by atoms with E-state index in [2.05, 4.69) is 33.1 Å². The van der Waals surface area contributed by atoms with Crippen LogP contribution in [0.5, 0.6) is 5.75 Å². The highest BCUT2D eigenvalue weighted by molar-refractivity contribution is 5.93. The van der Waals surface area contributed by atoms with Gasteiger partial charge in [-0.15, -0.1) is 0 Å². The van der Waals surface area contributed by atoms with Crippen LogP contribution in [0.1, 0.15) is 56.1 Å². The van der Waals surface area contributed by atoms with Crippen molar-refractivity contribution in [3.8, 4) is 17.0 Å². The number of anilines is 1. The Labute approximate surface area is 204 Å². The Kier molecular flexibility index (Phi) is 6.44. The Morgan fingerprint density at radius 1 is 1.17 bits per heavy atom. The second-order valence-corrected chi connectivity index (χ2v) is 9.21. The maximum absolute atomic E-state index is 9.60. The Hall–Kier alpha value is -3.43. The minimum Gasteiger partial charge on any atom is -0.490 e. The molecule has 3 N–H and O–H groups in total. The molecule has 3 heterocycles. The number of hydrogen-bond donors (Lipinski definition) is 3. The van der Waals surface area contributed by atoms with E-state index in [9.17, 15) is 10.2 Å². The summed E-state index contributed by atoms with van der Waals surface area (Å²) in [6.07, 6.45) is 7.97. The average molecular weight is 477 g/mol. The first kappa shape index (κ1) is 23.3. The number of ether oxygens (including phenoxy) is 1. The summed E-state index contributed by atoms with van der Waals surface area (Å²) in [6, 6.07) is 7.75. The molecule has 1 aliphatic carbocycles. The highest BCUT2D eigenvalue weighted by Crippen LogP contribution is 2.37. The summed E-state index contributed by atoms with van der Waals surface area (Å²) >= 11 is 0. The summed E-state index contributed by atoms with van der Waals surface area (Å²) in [5.41, 5.74) is 4.20. The number of hydrogen-bond acceptors (Lipinski definition) is 7. The van der Waals surface area contributed by atoms with E-state index in [4.69, 9.17) is 9.84 Å². The molecular formula is C26H32N6O3. The molecule has 0 atom stereocenters. The van der Waals surface area contributed by atoms with Gasteiger partial charge in [0, 0.05) is 48.6 Å². The van der Waals surface area contributed by atoms with Crippen molar-refractivity contribution < 1.29 is 14.9 Å². The largest absolute Gasteiger partial charge is 0.490 e. The fourth-order valence-corrected chi connectivity index (χ4v) is 4.97. The minimum absolute atomic E-state index is 0.0784. The number of benzene rings is 1. The summed E-state index contributed by atoms with van der Waals surface area (Å²) < 4.78 is 10.2. The van der Waals surface area contributed by atoms with Gasteiger partial charge in [0.15, 0.2) is 6.29 Å². The first-order valence-corrected chi connectivity index (χ1v) is 12.2. The quantitative estimate of drug-likeness (QED) is 0.344. The van der Waals surface area contributed by atoms with Crippen molar-refractivity contribution in [1.29, 1.82) is 0 Å². The van der Waals surface area contributed by atoms with Crippen molar-refractivity contribution in [2.75, 3.05) is 11.9 Å². The standard InChI is InChI=1S/C26H32N6O3/c1-4-27-24-12-22-21(14-28-24)25(17-13-29-31(3)15-17)30-32(22)18-8-10-19(11-9-18)35-23-7-5-6-20(16(23)2)26(33)34/h5-7,12-15,18-19,26,33-34H,4,8-11H2,1-3H3,(H,27,28). The van der Waals surface area contributed by atoms with E-state index in [0.717, 1.165) is 65.8 Å². The number of nitrogens with one attached hydrogen (secondary N) is 1. The zero-order valence-electron chi connectivity index (χ0n) is 20.3. The molecule has 9 nitrogen and oxygen atoms in total. The third kappa shape index (κ3) is 4.61. The van der Waals surface area contributed by atoms with Crippen molar-refractivity contribution >= 4 is 16.7 Å². The Balaban J connectivity index is 1.39. The minimum atomic E-state index is -1.50. The smallest absolute Gasteiger partial charge is 0.178 e. The van der Waals surface area contributed by atoms with Gasteiger partial charge < -0.3 is 20.3 Å². The average Bonchev–Trinajstić information content (AvgIpc) is 3.44. The van der Waals surface area contributed by atoms with Crippen LogP contribution in [-0.4, -0.2) is 47.4 Å². The lowest BCUT2D eigenvalue weighted by atomic mass is 9.92. The van der Waals surface area contributed by atoms with E-state index in [-0.39, 0.29) is 12.1 Å². The molecule has 0 radical (unpaired) electrons.